The lowest BCUT2D eigenvalue weighted by Crippen LogP contribution is -2.13. The summed E-state index contributed by atoms with van der Waals surface area (Å²) in [4.78, 5) is 16.6. The Bertz CT molecular complexity index is 982. The molecule has 1 aromatic heterocycles. The number of carbonyl (C=O) groups is 1. The third-order valence-corrected chi connectivity index (χ3v) is 3.88. The molecule has 0 aliphatic carbocycles. The molecule has 3 aromatic rings. The van der Waals surface area contributed by atoms with E-state index in [1.165, 1.54) is 38.7 Å². The number of ether oxygens (including phenoxy) is 2. The highest BCUT2D eigenvalue weighted by atomic mass is 19.4. The van der Waals surface area contributed by atoms with Crippen molar-refractivity contribution in [2.45, 2.75) is 6.18 Å². The van der Waals surface area contributed by atoms with Gasteiger partial charge in [0.05, 0.1) is 25.3 Å². The quantitative estimate of drug-likeness (QED) is 0.685. The number of para-hydroxylation sites is 1. The largest absolute Gasteiger partial charge is 0.493 e. The molecule has 0 saturated carbocycles. The molecule has 146 valence electrons. The van der Waals surface area contributed by atoms with Crippen molar-refractivity contribution in [2.75, 3.05) is 19.5 Å². The second-order valence-electron chi connectivity index (χ2n) is 5.61. The van der Waals surface area contributed by atoms with E-state index in [4.69, 9.17) is 13.9 Å². The Morgan fingerprint density at radius 1 is 1.07 bits per heavy atom. The molecule has 2 aromatic carbocycles. The van der Waals surface area contributed by atoms with Crippen LogP contribution in [0, 0.1) is 0 Å². The fourth-order valence-electron chi connectivity index (χ4n) is 2.52. The first-order chi connectivity index (χ1) is 13.3. The molecule has 0 aliphatic rings. The van der Waals surface area contributed by atoms with E-state index in [2.05, 4.69) is 10.3 Å². The molecule has 0 saturated heterocycles. The maximum atomic E-state index is 12.6. The molecule has 0 aliphatic heterocycles. The molecule has 3 rings (SSSR count). The number of nitrogens with one attached hydrogen (secondary N) is 1. The summed E-state index contributed by atoms with van der Waals surface area (Å²) in [7, 11) is 2.85. The Labute approximate surface area is 157 Å². The summed E-state index contributed by atoms with van der Waals surface area (Å²) in [6, 6.07) is 9.14. The number of anilines is 1. The van der Waals surface area contributed by atoms with Crippen LogP contribution in [0.25, 0.3) is 11.3 Å². The third-order valence-electron chi connectivity index (χ3n) is 3.88. The molecule has 28 heavy (non-hydrogen) atoms. The van der Waals surface area contributed by atoms with Gasteiger partial charge in [0.2, 0.25) is 0 Å². The monoisotopic (exact) mass is 392 g/mol. The van der Waals surface area contributed by atoms with Crippen molar-refractivity contribution in [3.63, 3.8) is 0 Å². The van der Waals surface area contributed by atoms with Gasteiger partial charge in [-0.05, 0) is 24.3 Å². The fourth-order valence-corrected chi connectivity index (χ4v) is 2.52. The van der Waals surface area contributed by atoms with Crippen LogP contribution in [-0.2, 0) is 6.18 Å². The number of aromatic nitrogens is 1. The van der Waals surface area contributed by atoms with Gasteiger partial charge in [0.25, 0.3) is 5.91 Å². The van der Waals surface area contributed by atoms with Gasteiger partial charge >= 0.3 is 12.2 Å². The van der Waals surface area contributed by atoms with E-state index in [0.29, 0.717) is 11.3 Å². The first-order valence-corrected chi connectivity index (χ1v) is 7.99. The summed E-state index contributed by atoms with van der Waals surface area (Å²) in [6.45, 7) is 0. The SMILES string of the molecule is COc1cccc(C(=O)Nc2nc(-c3ccc(C(F)(F)F)cc3)co2)c1OC. The predicted molar refractivity (Wildman–Crippen MR) is 94.4 cm³/mol. The number of hydrogen-bond donors (Lipinski definition) is 1. The Kier molecular flexibility index (Phi) is 5.25. The van der Waals surface area contributed by atoms with Crippen LogP contribution >= 0.6 is 0 Å². The van der Waals surface area contributed by atoms with Crippen LogP contribution in [0.15, 0.2) is 53.1 Å². The average molecular weight is 392 g/mol. The number of amides is 1. The van der Waals surface area contributed by atoms with Crippen LogP contribution in [0.2, 0.25) is 0 Å². The Morgan fingerprint density at radius 2 is 1.79 bits per heavy atom. The van der Waals surface area contributed by atoms with Gasteiger partial charge in [0, 0.05) is 5.56 Å². The zero-order valence-electron chi connectivity index (χ0n) is 14.8. The van der Waals surface area contributed by atoms with Gasteiger partial charge in [-0.25, -0.2) is 0 Å². The zero-order valence-corrected chi connectivity index (χ0v) is 14.8. The highest BCUT2D eigenvalue weighted by molar-refractivity contribution is 6.05. The molecule has 0 spiro atoms. The van der Waals surface area contributed by atoms with E-state index < -0.39 is 17.6 Å². The summed E-state index contributed by atoms with van der Waals surface area (Å²) in [5.41, 5.74) is 0.132. The minimum atomic E-state index is -4.42. The first kappa shape index (κ1) is 19.3. The van der Waals surface area contributed by atoms with E-state index >= 15 is 0 Å². The number of hydrogen-bond acceptors (Lipinski definition) is 5. The maximum Gasteiger partial charge on any atom is 0.416 e. The van der Waals surface area contributed by atoms with Crippen molar-refractivity contribution in [1.29, 1.82) is 0 Å². The Morgan fingerprint density at radius 3 is 2.39 bits per heavy atom. The average Bonchev–Trinajstić information content (AvgIpc) is 3.15. The number of benzene rings is 2. The summed E-state index contributed by atoms with van der Waals surface area (Å²) in [6.07, 6.45) is -3.18. The number of carbonyl (C=O) groups excluding carboxylic acids is 1. The van der Waals surface area contributed by atoms with E-state index in [0.717, 1.165) is 12.1 Å². The lowest BCUT2D eigenvalue weighted by atomic mass is 10.1. The van der Waals surface area contributed by atoms with E-state index in [-0.39, 0.29) is 23.0 Å². The van der Waals surface area contributed by atoms with Gasteiger partial charge in [-0.2, -0.15) is 18.2 Å². The lowest BCUT2D eigenvalue weighted by Gasteiger charge is -2.11. The normalized spacial score (nSPS) is 11.2. The minimum absolute atomic E-state index is 0.107. The van der Waals surface area contributed by atoms with Crippen LogP contribution in [0.5, 0.6) is 11.5 Å². The van der Waals surface area contributed by atoms with Gasteiger partial charge in [0.1, 0.15) is 12.0 Å². The smallest absolute Gasteiger partial charge is 0.416 e. The number of nitrogens with zero attached hydrogens (tertiary/aromatic N) is 1. The Balaban J connectivity index is 1.79. The molecule has 0 radical (unpaired) electrons. The molecule has 0 unspecified atom stereocenters. The van der Waals surface area contributed by atoms with Crippen molar-refractivity contribution >= 4 is 11.9 Å². The van der Waals surface area contributed by atoms with Crippen LogP contribution in [0.4, 0.5) is 19.2 Å². The van der Waals surface area contributed by atoms with Crippen LogP contribution in [-0.4, -0.2) is 25.1 Å². The molecule has 1 amide bonds. The predicted octanol–water partition coefficient (Wildman–Crippen LogP) is 4.63. The number of methoxy groups -OCH3 is 2. The first-order valence-electron chi connectivity index (χ1n) is 7.99. The topological polar surface area (TPSA) is 73.6 Å². The second kappa shape index (κ2) is 7.63. The van der Waals surface area contributed by atoms with Crippen molar-refractivity contribution in [3.05, 3.63) is 59.9 Å². The van der Waals surface area contributed by atoms with Gasteiger partial charge in [-0.1, -0.05) is 18.2 Å². The van der Waals surface area contributed by atoms with Crippen LogP contribution < -0.4 is 14.8 Å². The molecule has 1 N–H and O–H groups in total. The molecular weight excluding hydrogens is 377 g/mol. The lowest BCUT2D eigenvalue weighted by molar-refractivity contribution is -0.137. The van der Waals surface area contributed by atoms with E-state index in [9.17, 15) is 18.0 Å². The molecule has 0 bridgehead atoms. The highest BCUT2D eigenvalue weighted by Crippen LogP contribution is 2.32. The van der Waals surface area contributed by atoms with Crippen molar-refractivity contribution in [3.8, 4) is 22.8 Å². The molecule has 0 fully saturated rings. The Hall–Kier alpha value is -3.49. The molecule has 0 atom stereocenters. The summed E-state index contributed by atoms with van der Waals surface area (Å²) >= 11 is 0. The number of alkyl halides is 3. The molecule has 1 heterocycles. The standard InChI is InChI=1S/C19H15F3N2O4/c1-26-15-5-3-4-13(16(15)27-2)17(25)24-18-23-14(10-28-18)11-6-8-12(9-7-11)19(20,21)22/h3-10H,1-2H3,(H,23,24,25). The van der Waals surface area contributed by atoms with Gasteiger partial charge in [-0.15, -0.1) is 0 Å². The third kappa shape index (κ3) is 3.93. The summed E-state index contributed by atoms with van der Waals surface area (Å²) < 4.78 is 53.5. The van der Waals surface area contributed by atoms with E-state index in [1.54, 1.807) is 12.1 Å². The van der Waals surface area contributed by atoms with Crippen molar-refractivity contribution in [2.24, 2.45) is 0 Å². The summed E-state index contributed by atoms with van der Waals surface area (Å²) in [5.74, 6) is 0.0848. The van der Waals surface area contributed by atoms with Crippen LogP contribution in [0.1, 0.15) is 15.9 Å². The second-order valence-corrected chi connectivity index (χ2v) is 5.61. The number of halogens is 3. The van der Waals surface area contributed by atoms with Gasteiger partial charge < -0.3 is 13.9 Å². The van der Waals surface area contributed by atoms with Crippen molar-refractivity contribution < 1.29 is 31.9 Å². The fraction of sp³-hybridized carbons (Fsp3) is 0.158. The van der Waals surface area contributed by atoms with Crippen molar-refractivity contribution in [1.82, 2.24) is 4.98 Å². The molecule has 9 heteroatoms. The summed E-state index contributed by atoms with van der Waals surface area (Å²) in [5, 5.41) is 2.48. The van der Waals surface area contributed by atoms with E-state index in [1.807, 2.05) is 0 Å². The highest BCUT2D eigenvalue weighted by Gasteiger charge is 2.30. The van der Waals surface area contributed by atoms with Crippen LogP contribution in [0.3, 0.4) is 0 Å². The maximum absolute atomic E-state index is 12.6. The minimum Gasteiger partial charge on any atom is -0.493 e. The zero-order chi connectivity index (χ0) is 20.3. The molecular formula is C19H15F3N2O4. The van der Waals surface area contributed by atoms with Gasteiger partial charge in [0.15, 0.2) is 11.5 Å². The van der Waals surface area contributed by atoms with Gasteiger partial charge in [-0.3, -0.25) is 10.1 Å². The number of oxazole rings is 1. The molecule has 6 nitrogen and oxygen atoms in total. The number of rotatable bonds is 5.